The molecule has 24 heavy (non-hydrogen) atoms. The van der Waals surface area contributed by atoms with Crippen molar-refractivity contribution in [1.29, 1.82) is 0 Å². The fourth-order valence-corrected chi connectivity index (χ4v) is 2.56. The second-order valence-corrected chi connectivity index (χ2v) is 6.87. The lowest BCUT2D eigenvalue weighted by Crippen LogP contribution is -2.43. The Balaban J connectivity index is 1.95. The van der Waals surface area contributed by atoms with E-state index in [1.54, 1.807) is 11.6 Å². The van der Waals surface area contributed by atoms with Crippen molar-refractivity contribution >= 4 is 23.7 Å². The van der Waals surface area contributed by atoms with Gasteiger partial charge >= 0.3 is 6.03 Å². The molecule has 0 aliphatic rings. The second-order valence-electron chi connectivity index (χ2n) is 5.56. The van der Waals surface area contributed by atoms with Crippen LogP contribution >= 0.6 is 11.8 Å². The number of nitrogens with zero attached hydrogens (tertiary/aromatic N) is 4. The number of thioether (sulfide) groups is 1. The van der Waals surface area contributed by atoms with Gasteiger partial charge in [-0.1, -0.05) is 43.8 Å². The molecule has 1 aromatic carbocycles. The molecule has 0 spiro atoms. The predicted octanol–water partition coefficient (Wildman–Crippen LogP) is 1.62. The Morgan fingerprint density at radius 3 is 2.58 bits per heavy atom. The van der Waals surface area contributed by atoms with Crippen molar-refractivity contribution in [2.24, 2.45) is 5.92 Å². The first-order chi connectivity index (χ1) is 11.5. The summed E-state index contributed by atoms with van der Waals surface area (Å²) in [6.07, 6.45) is 0. The van der Waals surface area contributed by atoms with E-state index in [0.29, 0.717) is 17.6 Å². The number of hydrogen-bond acceptors (Lipinski definition) is 6. The van der Waals surface area contributed by atoms with Crippen molar-refractivity contribution in [3.63, 3.8) is 0 Å². The van der Waals surface area contributed by atoms with E-state index in [9.17, 15) is 9.59 Å². The average Bonchev–Trinajstić information content (AvgIpc) is 3.01. The number of hydrogen-bond donors (Lipinski definition) is 2. The maximum absolute atomic E-state index is 12.1. The highest BCUT2D eigenvalue weighted by Gasteiger charge is 2.20. The van der Waals surface area contributed by atoms with E-state index < -0.39 is 17.2 Å². The lowest BCUT2D eigenvalue weighted by molar-refractivity contribution is -0.119. The summed E-state index contributed by atoms with van der Waals surface area (Å²) in [7, 11) is 0. The molecule has 2 rings (SSSR count). The SMILES string of the molecule is CC(C)CNC(=O)NC(=O)[C@@H](C)Sc1nnnn1-c1ccccc1. The molecular formula is C15H20N6O2S. The van der Waals surface area contributed by atoms with Crippen LogP contribution in [0.5, 0.6) is 0 Å². The molecule has 3 amide bonds. The number of carbonyl (C=O) groups is 2. The van der Waals surface area contributed by atoms with Crippen LogP contribution in [0, 0.1) is 5.92 Å². The van der Waals surface area contributed by atoms with Crippen molar-refractivity contribution in [2.45, 2.75) is 31.2 Å². The first kappa shape index (κ1) is 17.9. The van der Waals surface area contributed by atoms with Crippen molar-refractivity contribution in [1.82, 2.24) is 30.8 Å². The van der Waals surface area contributed by atoms with Crippen LogP contribution in [-0.4, -0.2) is 43.9 Å². The van der Waals surface area contributed by atoms with Crippen molar-refractivity contribution in [2.75, 3.05) is 6.54 Å². The Bertz CT molecular complexity index is 688. The molecule has 8 nitrogen and oxygen atoms in total. The van der Waals surface area contributed by atoms with Gasteiger partial charge in [0.25, 0.3) is 0 Å². The number of carbonyl (C=O) groups excluding carboxylic acids is 2. The molecule has 0 aliphatic heterocycles. The zero-order chi connectivity index (χ0) is 17.5. The summed E-state index contributed by atoms with van der Waals surface area (Å²) < 4.78 is 1.55. The summed E-state index contributed by atoms with van der Waals surface area (Å²) in [4.78, 5) is 23.8. The molecule has 128 valence electrons. The fraction of sp³-hybridized carbons (Fsp3) is 0.400. The number of benzene rings is 1. The summed E-state index contributed by atoms with van der Waals surface area (Å²) >= 11 is 1.18. The van der Waals surface area contributed by atoms with E-state index in [2.05, 4.69) is 26.2 Å². The van der Waals surface area contributed by atoms with Gasteiger partial charge in [0, 0.05) is 6.54 Å². The minimum atomic E-state index is -0.525. The molecule has 2 N–H and O–H groups in total. The van der Waals surface area contributed by atoms with Gasteiger partial charge in [0.15, 0.2) is 0 Å². The Hall–Kier alpha value is -2.42. The van der Waals surface area contributed by atoms with E-state index in [0.717, 1.165) is 5.69 Å². The molecule has 1 aromatic heterocycles. The van der Waals surface area contributed by atoms with Crippen molar-refractivity contribution in [3.8, 4) is 5.69 Å². The quantitative estimate of drug-likeness (QED) is 0.769. The van der Waals surface area contributed by atoms with Gasteiger partial charge in [-0.3, -0.25) is 10.1 Å². The standard InChI is InChI=1S/C15H20N6O2S/c1-10(2)9-16-14(23)17-13(22)11(3)24-15-18-19-20-21(15)12-7-5-4-6-8-12/h4-8,10-11H,9H2,1-3H3,(H2,16,17,22,23)/t11-/m1/s1. The Kier molecular flexibility index (Phi) is 6.30. The third kappa shape index (κ3) is 5.05. The van der Waals surface area contributed by atoms with Crippen molar-refractivity contribution in [3.05, 3.63) is 30.3 Å². The van der Waals surface area contributed by atoms with E-state index in [1.165, 1.54) is 11.8 Å². The van der Waals surface area contributed by atoms with Crippen LogP contribution in [-0.2, 0) is 4.79 Å². The van der Waals surface area contributed by atoms with Gasteiger partial charge in [-0.15, -0.1) is 5.10 Å². The normalized spacial score (nSPS) is 12.0. The van der Waals surface area contributed by atoms with Gasteiger partial charge in [0.1, 0.15) is 0 Å². The Morgan fingerprint density at radius 2 is 1.92 bits per heavy atom. The number of rotatable bonds is 6. The molecule has 2 aromatic rings. The maximum atomic E-state index is 12.1. The minimum absolute atomic E-state index is 0.313. The second kappa shape index (κ2) is 8.44. The molecule has 0 aliphatic carbocycles. The van der Waals surface area contributed by atoms with Crippen LogP contribution in [0.3, 0.4) is 0 Å². The molecule has 0 radical (unpaired) electrons. The topological polar surface area (TPSA) is 102 Å². The number of urea groups is 1. The summed E-state index contributed by atoms with van der Waals surface area (Å²) in [5, 5.41) is 16.4. The summed E-state index contributed by atoms with van der Waals surface area (Å²) in [5.41, 5.74) is 0.798. The number of imide groups is 1. The number of amides is 3. The molecule has 0 fully saturated rings. The van der Waals surface area contributed by atoms with E-state index >= 15 is 0 Å². The first-order valence-corrected chi connectivity index (χ1v) is 8.44. The van der Waals surface area contributed by atoms with E-state index in [4.69, 9.17) is 0 Å². The number of para-hydroxylation sites is 1. The number of aromatic nitrogens is 4. The highest BCUT2D eigenvalue weighted by molar-refractivity contribution is 8.00. The van der Waals surface area contributed by atoms with Crippen LogP contribution in [0.2, 0.25) is 0 Å². The minimum Gasteiger partial charge on any atom is -0.338 e. The van der Waals surface area contributed by atoms with Crippen LogP contribution in [0.1, 0.15) is 20.8 Å². The lowest BCUT2D eigenvalue weighted by Gasteiger charge is -2.12. The zero-order valence-corrected chi connectivity index (χ0v) is 14.6. The molecular weight excluding hydrogens is 328 g/mol. The zero-order valence-electron chi connectivity index (χ0n) is 13.8. The number of tetrazole rings is 1. The lowest BCUT2D eigenvalue weighted by atomic mass is 10.2. The highest BCUT2D eigenvalue weighted by atomic mass is 32.2. The smallest absolute Gasteiger partial charge is 0.321 e. The average molecular weight is 348 g/mol. The van der Waals surface area contributed by atoms with Gasteiger partial charge in [-0.05, 0) is 35.4 Å². The summed E-state index contributed by atoms with van der Waals surface area (Å²) in [6, 6.07) is 8.88. The van der Waals surface area contributed by atoms with Crippen molar-refractivity contribution < 1.29 is 9.59 Å². The monoisotopic (exact) mass is 348 g/mol. The molecule has 0 bridgehead atoms. The molecule has 9 heteroatoms. The van der Waals surface area contributed by atoms with Gasteiger partial charge in [0.2, 0.25) is 11.1 Å². The summed E-state index contributed by atoms with van der Waals surface area (Å²) in [5.74, 6) is -0.0861. The van der Waals surface area contributed by atoms with Gasteiger partial charge in [-0.25, -0.2) is 4.79 Å². The third-order valence-electron chi connectivity index (χ3n) is 3.00. The van der Waals surface area contributed by atoms with Crippen LogP contribution in [0.25, 0.3) is 5.69 Å². The Labute approximate surface area is 144 Å². The van der Waals surface area contributed by atoms with Gasteiger partial charge in [0.05, 0.1) is 10.9 Å². The number of nitrogens with one attached hydrogen (secondary N) is 2. The molecule has 0 saturated carbocycles. The first-order valence-electron chi connectivity index (χ1n) is 7.56. The van der Waals surface area contributed by atoms with Crippen LogP contribution < -0.4 is 10.6 Å². The maximum Gasteiger partial charge on any atom is 0.321 e. The molecule has 1 heterocycles. The van der Waals surface area contributed by atoms with Crippen LogP contribution in [0.4, 0.5) is 4.79 Å². The third-order valence-corrected chi connectivity index (χ3v) is 4.03. The molecule has 1 atom stereocenters. The Morgan fingerprint density at radius 1 is 1.21 bits per heavy atom. The van der Waals surface area contributed by atoms with Crippen LogP contribution in [0.15, 0.2) is 35.5 Å². The molecule has 0 unspecified atom stereocenters. The largest absolute Gasteiger partial charge is 0.338 e. The van der Waals surface area contributed by atoms with Gasteiger partial charge in [-0.2, -0.15) is 4.68 Å². The van der Waals surface area contributed by atoms with Gasteiger partial charge < -0.3 is 5.32 Å². The summed E-state index contributed by atoms with van der Waals surface area (Å²) in [6.45, 7) is 6.15. The van der Waals surface area contributed by atoms with E-state index in [-0.39, 0.29) is 0 Å². The molecule has 0 saturated heterocycles. The fourth-order valence-electron chi connectivity index (χ4n) is 1.75. The predicted molar refractivity (Wildman–Crippen MR) is 90.9 cm³/mol. The highest BCUT2D eigenvalue weighted by Crippen LogP contribution is 2.22. The van der Waals surface area contributed by atoms with E-state index in [1.807, 2.05) is 44.2 Å².